The molecular formula is C17H25N3O. The van der Waals surface area contributed by atoms with Crippen molar-refractivity contribution in [3.8, 4) is 0 Å². The zero-order valence-electron chi connectivity index (χ0n) is 13.0. The van der Waals surface area contributed by atoms with Gasteiger partial charge in [-0.15, -0.1) is 0 Å². The summed E-state index contributed by atoms with van der Waals surface area (Å²) in [6.45, 7) is 4.74. The fraction of sp³-hybridized carbons (Fsp3) is 0.588. The molecule has 2 aliphatic rings. The lowest BCUT2D eigenvalue weighted by atomic mass is 9.89. The summed E-state index contributed by atoms with van der Waals surface area (Å²) in [6, 6.07) is 9.28. The molecule has 1 saturated heterocycles. The van der Waals surface area contributed by atoms with Crippen LogP contribution < -0.4 is 15.5 Å². The first-order chi connectivity index (χ1) is 10.1. The van der Waals surface area contributed by atoms with Crippen molar-refractivity contribution in [2.24, 2.45) is 5.41 Å². The number of hydrogen-bond acceptors (Lipinski definition) is 3. The van der Waals surface area contributed by atoms with Crippen molar-refractivity contribution in [2.45, 2.75) is 38.8 Å². The van der Waals surface area contributed by atoms with Crippen molar-refractivity contribution in [1.82, 2.24) is 10.6 Å². The molecule has 0 bridgehead atoms. The number of nitrogens with zero attached hydrogens (tertiary/aromatic N) is 1. The predicted octanol–water partition coefficient (Wildman–Crippen LogP) is 1.90. The summed E-state index contributed by atoms with van der Waals surface area (Å²) in [5.41, 5.74) is 2.34. The Hall–Kier alpha value is -1.55. The molecule has 114 valence electrons. The van der Waals surface area contributed by atoms with E-state index < -0.39 is 0 Å². The Labute approximate surface area is 126 Å². The first-order valence-electron chi connectivity index (χ1n) is 7.91. The standard InChI is InChI=1S/C17H25N3O/c1-17(16(21)18-2)9-10-20(12-17)15-6-4-3-5-13(15)11-19-14-7-8-14/h3-6,14,19H,7-12H2,1-2H3,(H,18,21). The second-order valence-corrected chi connectivity index (χ2v) is 6.60. The summed E-state index contributed by atoms with van der Waals surface area (Å²) in [4.78, 5) is 14.4. The summed E-state index contributed by atoms with van der Waals surface area (Å²) in [7, 11) is 1.73. The van der Waals surface area contributed by atoms with Gasteiger partial charge in [0.05, 0.1) is 5.41 Å². The van der Waals surface area contributed by atoms with E-state index in [9.17, 15) is 4.79 Å². The monoisotopic (exact) mass is 287 g/mol. The van der Waals surface area contributed by atoms with Gasteiger partial charge in [-0.25, -0.2) is 0 Å². The van der Waals surface area contributed by atoms with Crippen LogP contribution in [0.4, 0.5) is 5.69 Å². The van der Waals surface area contributed by atoms with Crippen LogP contribution in [-0.2, 0) is 11.3 Å². The van der Waals surface area contributed by atoms with E-state index in [1.165, 1.54) is 24.1 Å². The highest BCUT2D eigenvalue weighted by Crippen LogP contribution is 2.35. The molecule has 1 aromatic carbocycles. The van der Waals surface area contributed by atoms with E-state index in [-0.39, 0.29) is 11.3 Å². The van der Waals surface area contributed by atoms with Gasteiger partial charge >= 0.3 is 0 Å². The molecule has 1 unspecified atom stereocenters. The lowest BCUT2D eigenvalue weighted by Gasteiger charge is -2.25. The highest BCUT2D eigenvalue weighted by molar-refractivity contribution is 5.83. The van der Waals surface area contributed by atoms with Crippen LogP contribution in [0.3, 0.4) is 0 Å². The molecule has 4 nitrogen and oxygen atoms in total. The molecule has 2 N–H and O–H groups in total. The van der Waals surface area contributed by atoms with Gasteiger partial charge in [-0.2, -0.15) is 0 Å². The molecule has 1 atom stereocenters. The number of hydrogen-bond donors (Lipinski definition) is 2. The zero-order chi connectivity index (χ0) is 14.9. The number of carbonyl (C=O) groups is 1. The van der Waals surface area contributed by atoms with E-state index in [0.29, 0.717) is 6.04 Å². The molecule has 1 aromatic rings. The maximum Gasteiger partial charge on any atom is 0.227 e. The fourth-order valence-electron chi connectivity index (χ4n) is 3.16. The Morgan fingerprint density at radius 2 is 2.14 bits per heavy atom. The molecule has 2 fully saturated rings. The number of amides is 1. The Kier molecular flexibility index (Phi) is 3.89. The summed E-state index contributed by atoms with van der Waals surface area (Å²) in [6.07, 6.45) is 3.53. The Morgan fingerprint density at radius 1 is 1.38 bits per heavy atom. The quantitative estimate of drug-likeness (QED) is 0.869. The molecule has 1 saturated carbocycles. The van der Waals surface area contributed by atoms with Crippen molar-refractivity contribution in [3.05, 3.63) is 29.8 Å². The number of anilines is 1. The highest BCUT2D eigenvalue weighted by atomic mass is 16.2. The second-order valence-electron chi connectivity index (χ2n) is 6.60. The number of para-hydroxylation sites is 1. The van der Waals surface area contributed by atoms with Gasteiger partial charge < -0.3 is 15.5 Å². The predicted molar refractivity (Wildman–Crippen MR) is 85.3 cm³/mol. The molecule has 0 radical (unpaired) electrons. The Bertz CT molecular complexity index is 527. The van der Waals surface area contributed by atoms with Gasteiger partial charge in [0.25, 0.3) is 0 Å². The maximum absolute atomic E-state index is 12.1. The van der Waals surface area contributed by atoms with Gasteiger partial charge in [0.15, 0.2) is 0 Å². The van der Waals surface area contributed by atoms with Gasteiger partial charge in [0.2, 0.25) is 5.91 Å². The van der Waals surface area contributed by atoms with Crippen LogP contribution in [0, 0.1) is 5.41 Å². The third-order valence-corrected chi connectivity index (χ3v) is 4.74. The van der Waals surface area contributed by atoms with Crippen LogP contribution in [0.1, 0.15) is 31.7 Å². The number of rotatable bonds is 5. The molecule has 4 heteroatoms. The van der Waals surface area contributed by atoms with Crippen LogP contribution in [0.2, 0.25) is 0 Å². The van der Waals surface area contributed by atoms with Crippen LogP contribution in [0.25, 0.3) is 0 Å². The number of nitrogens with one attached hydrogen (secondary N) is 2. The van der Waals surface area contributed by atoms with Crippen molar-refractivity contribution >= 4 is 11.6 Å². The molecule has 1 amide bonds. The topological polar surface area (TPSA) is 44.4 Å². The van der Waals surface area contributed by atoms with Gasteiger partial charge in [0, 0.05) is 38.4 Å². The van der Waals surface area contributed by atoms with Gasteiger partial charge in [-0.05, 0) is 37.8 Å². The van der Waals surface area contributed by atoms with E-state index in [1.807, 2.05) is 0 Å². The molecule has 0 spiro atoms. The minimum absolute atomic E-state index is 0.151. The van der Waals surface area contributed by atoms with E-state index in [1.54, 1.807) is 7.05 Å². The van der Waals surface area contributed by atoms with Crippen LogP contribution in [0.5, 0.6) is 0 Å². The minimum atomic E-state index is -0.272. The van der Waals surface area contributed by atoms with E-state index in [4.69, 9.17) is 0 Å². The Morgan fingerprint density at radius 3 is 2.86 bits per heavy atom. The first-order valence-corrected chi connectivity index (χ1v) is 7.91. The summed E-state index contributed by atoms with van der Waals surface area (Å²) in [5, 5.41) is 6.39. The highest BCUT2D eigenvalue weighted by Gasteiger charge is 2.40. The molecule has 1 aliphatic carbocycles. The van der Waals surface area contributed by atoms with E-state index in [2.05, 4.69) is 46.7 Å². The first kappa shape index (κ1) is 14.4. The van der Waals surface area contributed by atoms with Crippen molar-refractivity contribution in [1.29, 1.82) is 0 Å². The molecule has 0 aromatic heterocycles. The summed E-state index contributed by atoms with van der Waals surface area (Å²) < 4.78 is 0. The Balaban J connectivity index is 1.73. The summed E-state index contributed by atoms with van der Waals surface area (Å²) in [5.74, 6) is 0.151. The van der Waals surface area contributed by atoms with Gasteiger partial charge in [-0.1, -0.05) is 18.2 Å². The van der Waals surface area contributed by atoms with Crippen molar-refractivity contribution in [2.75, 3.05) is 25.0 Å². The fourth-order valence-corrected chi connectivity index (χ4v) is 3.16. The zero-order valence-corrected chi connectivity index (χ0v) is 13.0. The minimum Gasteiger partial charge on any atom is -0.370 e. The molecule has 3 rings (SSSR count). The smallest absolute Gasteiger partial charge is 0.227 e. The van der Waals surface area contributed by atoms with Crippen LogP contribution >= 0.6 is 0 Å². The SMILES string of the molecule is CNC(=O)C1(C)CCN(c2ccccc2CNC2CC2)C1. The normalized spacial score (nSPS) is 25.1. The molecule has 1 aliphatic heterocycles. The lowest BCUT2D eigenvalue weighted by Crippen LogP contribution is -2.39. The van der Waals surface area contributed by atoms with Crippen LogP contribution in [-0.4, -0.2) is 32.1 Å². The number of carbonyl (C=O) groups excluding carboxylic acids is 1. The van der Waals surface area contributed by atoms with Gasteiger partial charge in [-0.3, -0.25) is 4.79 Å². The van der Waals surface area contributed by atoms with Crippen molar-refractivity contribution in [3.63, 3.8) is 0 Å². The molecular weight excluding hydrogens is 262 g/mol. The average Bonchev–Trinajstić information content (AvgIpc) is 3.26. The van der Waals surface area contributed by atoms with E-state index >= 15 is 0 Å². The van der Waals surface area contributed by atoms with Gasteiger partial charge in [0.1, 0.15) is 0 Å². The maximum atomic E-state index is 12.1. The van der Waals surface area contributed by atoms with Crippen LogP contribution in [0.15, 0.2) is 24.3 Å². The number of benzene rings is 1. The third-order valence-electron chi connectivity index (χ3n) is 4.74. The second kappa shape index (κ2) is 5.68. The third kappa shape index (κ3) is 3.05. The molecule has 1 heterocycles. The summed E-state index contributed by atoms with van der Waals surface area (Å²) >= 11 is 0. The van der Waals surface area contributed by atoms with E-state index in [0.717, 1.165) is 26.1 Å². The average molecular weight is 287 g/mol. The largest absolute Gasteiger partial charge is 0.370 e. The molecule has 21 heavy (non-hydrogen) atoms. The lowest BCUT2D eigenvalue weighted by molar-refractivity contribution is -0.128. The van der Waals surface area contributed by atoms with Crippen molar-refractivity contribution < 1.29 is 4.79 Å².